The molecule has 0 aromatic rings. The Morgan fingerprint density at radius 3 is 1.86 bits per heavy atom. The van der Waals surface area contributed by atoms with Gasteiger partial charge in [0.1, 0.15) is 0 Å². The van der Waals surface area contributed by atoms with Crippen LogP contribution in [0.3, 0.4) is 0 Å². The summed E-state index contributed by atoms with van der Waals surface area (Å²) in [5, 5.41) is 36.2. The second-order valence-electron chi connectivity index (χ2n) is 7.05. The number of aliphatic hydroxyl groups excluding tert-OH is 2. The van der Waals surface area contributed by atoms with Crippen molar-refractivity contribution in [1.29, 1.82) is 0 Å². The van der Waals surface area contributed by atoms with E-state index in [-0.39, 0.29) is 17.8 Å². The first-order valence-corrected chi connectivity index (χ1v) is 7.88. The molecule has 4 rings (SSSR count). The molecule has 4 aliphatic carbocycles. The van der Waals surface area contributed by atoms with E-state index >= 15 is 0 Å². The third-order valence-electron chi connectivity index (χ3n) is 5.83. The molecule has 3 fully saturated rings. The minimum Gasteiger partial charge on any atom is -0.481 e. The summed E-state index contributed by atoms with van der Waals surface area (Å²) < 4.78 is 0. The molecule has 0 aliphatic heterocycles. The van der Waals surface area contributed by atoms with Gasteiger partial charge in [0, 0.05) is 5.92 Å². The Balaban J connectivity index is 0.000000133. The molecule has 0 aromatic heterocycles. The first-order chi connectivity index (χ1) is 10.4. The first-order valence-electron chi connectivity index (χ1n) is 7.88. The van der Waals surface area contributed by atoms with E-state index in [4.69, 9.17) is 10.2 Å². The van der Waals surface area contributed by atoms with Gasteiger partial charge in [-0.3, -0.25) is 9.59 Å². The van der Waals surface area contributed by atoms with Gasteiger partial charge >= 0.3 is 11.9 Å². The van der Waals surface area contributed by atoms with Gasteiger partial charge in [0.25, 0.3) is 0 Å². The number of fused-ring (bicyclic) bond motifs is 4. The summed E-state index contributed by atoms with van der Waals surface area (Å²) in [7, 11) is 0. The van der Waals surface area contributed by atoms with Crippen molar-refractivity contribution in [2.45, 2.75) is 37.9 Å². The van der Waals surface area contributed by atoms with E-state index in [0.717, 1.165) is 12.8 Å². The quantitative estimate of drug-likeness (QED) is 0.559. The van der Waals surface area contributed by atoms with Crippen LogP contribution in [0.5, 0.6) is 0 Å². The van der Waals surface area contributed by atoms with E-state index < -0.39 is 30.1 Å². The Hall–Kier alpha value is -1.40. The molecule has 5 unspecified atom stereocenters. The standard InChI is InChI=1S/C8H12O4.C8H10O2/c9-6-3-1-4(7(6)10)5(2-3)8(11)12;9-8(10)7-4-5-1-2-6(7)3-5/h3-7,9-10H,1-2H2,(H,11,12);1-2,5-7H,3-4H2,(H,9,10)/t3-,4?,5?,6+,7?;5-,6?,7?/m00/s1. The molecular weight excluding hydrogens is 288 g/mol. The largest absolute Gasteiger partial charge is 0.481 e. The van der Waals surface area contributed by atoms with Crippen molar-refractivity contribution in [2.24, 2.45) is 35.5 Å². The van der Waals surface area contributed by atoms with Crippen LogP contribution < -0.4 is 0 Å². The number of carboxylic acid groups (broad SMARTS) is 2. The molecule has 6 nitrogen and oxygen atoms in total. The van der Waals surface area contributed by atoms with Gasteiger partial charge in [0.05, 0.1) is 24.0 Å². The number of allylic oxidation sites excluding steroid dienone is 2. The lowest BCUT2D eigenvalue weighted by molar-refractivity contribution is -0.147. The van der Waals surface area contributed by atoms with Crippen LogP contribution in [-0.4, -0.2) is 44.6 Å². The molecule has 4 N–H and O–H groups in total. The maximum absolute atomic E-state index is 10.7. The zero-order valence-corrected chi connectivity index (χ0v) is 12.2. The third-order valence-corrected chi connectivity index (χ3v) is 5.83. The number of rotatable bonds is 2. The lowest BCUT2D eigenvalue weighted by Gasteiger charge is -2.26. The van der Waals surface area contributed by atoms with E-state index in [1.165, 1.54) is 0 Å². The maximum atomic E-state index is 10.7. The van der Waals surface area contributed by atoms with Crippen molar-refractivity contribution in [1.82, 2.24) is 0 Å². The maximum Gasteiger partial charge on any atom is 0.307 e. The summed E-state index contributed by atoms with van der Waals surface area (Å²) in [5.41, 5.74) is 0. The minimum atomic E-state index is -0.839. The molecule has 0 heterocycles. The van der Waals surface area contributed by atoms with Gasteiger partial charge < -0.3 is 20.4 Å². The van der Waals surface area contributed by atoms with Gasteiger partial charge in [-0.15, -0.1) is 0 Å². The fraction of sp³-hybridized carbons (Fsp3) is 0.750. The zero-order chi connectivity index (χ0) is 16.0. The minimum absolute atomic E-state index is 0.00565. The molecule has 22 heavy (non-hydrogen) atoms. The molecule has 3 saturated carbocycles. The van der Waals surface area contributed by atoms with Crippen LogP contribution in [0, 0.1) is 35.5 Å². The van der Waals surface area contributed by atoms with Crippen LogP contribution in [0.2, 0.25) is 0 Å². The molecule has 122 valence electrons. The molecule has 0 aromatic carbocycles. The average molecular weight is 310 g/mol. The predicted molar refractivity (Wildman–Crippen MR) is 75.8 cm³/mol. The third kappa shape index (κ3) is 2.54. The van der Waals surface area contributed by atoms with Gasteiger partial charge in [0.15, 0.2) is 0 Å². The fourth-order valence-electron chi connectivity index (χ4n) is 4.65. The van der Waals surface area contributed by atoms with Crippen LogP contribution in [0.15, 0.2) is 12.2 Å². The lowest BCUT2D eigenvalue weighted by Crippen LogP contribution is -2.39. The number of carbonyl (C=O) groups is 2. The summed E-state index contributed by atoms with van der Waals surface area (Å²) in [6.07, 6.45) is 5.86. The number of hydrogen-bond donors (Lipinski definition) is 4. The number of aliphatic hydroxyl groups is 2. The molecule has 0 saturated heterocycles. The smallest absolute Gasteiger partial charge is 0.307 e. The fourth-order valence-corrected chi connectivity index (χ4v) is 4.65. The molecule has 0 amide bonds. The van der Waals surface area contributed by atoms with E-state index in [2.05, 4.69) is 12.2 Å². The van der Waals surface area contributed by atoms with Crippen molar-refractivity contribution in [3.05, 3.63) is 12.2 Å². The number of hydrogen-bond acceptors (Lipinski definition) is 4. The highest BCUT2D eigenvalue weighted by molar-refractivity contribution is 5.72. The molecule has 6 heteroatoms. The highest BCUT2D eigenvalue weighted by atomic mass is 16.4. The van der Waals surface area contributed by atoms with Crippen molar-refractivity contribution >= 4 is 11.9 Å². The van der Waals surface area contributed by atoms with Crippen molar-refractivity contribution < 1.29 is 30.0 Å². The highest BCUT2D eigenvalue weighted by Crippen LogP contribution is 2.48. The second-order valence-corrected chi connectivity index (χ2v) is 7.05. The number of carboxylic acids is 2. The van der Waals surface area contributed by atoms with Crippen LogP contribution in [-0.2, 0) is 9.59 Å². The van der Waals surface area contributed by atoms with E-state index in [0.29, 0.717) is 24.7 Å². The molecule has 4 aliphatic rings. The van der Waals surface area contributed by atoms with Gasteiger partial charge in [-0.1, -0.05) is 12.2 Å². The Labute approximate surface area is 128 Å². The topological polar surface area (TPSA) is 115 Å². The second kappa shape index (κ2) is 5.66. The summed E-state index contributed by atoms with van der Waals surface area (Å²) in [4.78, 5) is 21.2. The van der Waals surface area contributed by atoms with E-state index in [9.17, 15) is 19.8 Å². The van der Waals surface area contributed by atoms with Gasteiger partial charge in [-0.2, -0.15) is 0 Å². The summed E-state index contributed by atoms with van der Waals surface area (Å²) in [6.45, 7) is 0. The molecule has 0 radical (unpaired) electrons. The lowest BCUT2D eigenvalue weighted by atomic mass is 9.85. The first kappa shape index (κ1) is 15.5. The van der Waals surface area contributed by atoms with Gasteiger partial charge in [0.2, 0.25) is 0 Å². The van der Waals surface area contributed by atoms with Crippen molar-refractivity contribution in [3.63, 3.8) is 0 Å². The van der Waals surface area contributed by atoms with E-state index in [1.54, 1.807) is 0 Å². The average Bonchev–Trinajstić information content (AvgIpc) is 3.22. The Bertz CT molecular complexity index is 499. The van der Waals surface area contributed by atoms with Gasteiger partial charge in [-0.25, -0.2) is 0 Å². The Morgan fingerprint density at radius 1 is 0.818 bits per heavy atom. The molecular formula is C16H22O6. The van der Waals surface area contributed by atoms with Gasteiger partial charge in [-0.05, 0) is 43.4 Å². The van der Waals surface area contributed by atoms with Crippen molar-refractivity contribution in [2.75, 3.05) is 0 Å². The monoisotopic (exact) mass is 310 g/mol. The van der Waals surface area contributed by atoms with Crippen LogP contribution in [0.1, 0.15) is 25.7 Å². The number of aliphatic carboxylic acids is 2. The summed E-state index contributed by atoms with van der Waals surface area (Å²) in [6, 6.07) is 0. The van der Waals surface area contributed by atoms with Crippen LogP contribution in [0.4, 0.5) is 0 Å². The SMILES string of the molecule is O=C(O)C1C[C@@H]2CC1C(O)[C@@H]2O.O=C(O)C1C[C@H]2C=CC1C2. The normalized spacial score (nSPS) is 47.4. The zero-order valence-electron chi connectivity index (χ0n) is 12.2. The highest BCUT2D eigenvalue weighted by Gasteiger charge is 2.54. The molecule has 4 bridgehead atoms. The van der Waals surface area contributed by atoms with E-state index in [1.807, 2.05) is 0 Å². The summed E-state index contributed by atoms with van der Waals surface area (Å²) >= 11 is 0. The van der Waals surface area contributed by atoms with Crippen LogP contribution in [0.25, 0.3) is 0 Å². The summed E-state index contributed by atoms with van der Waals surface area (Å²) in [5.74, 6) is -1.25. The Kier molecular flexibility index (Phi) is 3.99. The Morgan fingerprint density at radius 2 is 1.50 bits per heavy atom. The predicted octanol–water partition coefficient (Wildman–Crippen LogP) is 0.732. The van der Waals surface area contributed by atoms with Crippen molar-refractivity contribution in [3.8, 4) is 0 Å². The molecule has 0 spiro atoms. The molecule has 8 atom stereocenters. The van der Waals surface area contributed by atoms with Crippen LogP contribution >= 0.6 is 0 Å².